The fourth-order valence-electron chi connectivity index (χ4n) is 3.74. The topological polar surface area (TPSA) is 96.5 Å². The van der Waals surface area contributed by atoms with Gasteiger partial charge in [-0.05, 0) is 79.2 Å². The fraction of sp³-hybridized carbons (Fsp3) is 0.0938. The molecule has 1 atom stereocenters. The van der Waals surface area contributed by atoms with Crippen molar-refractivity contribution in [2.45, 2.75) is 17.1 Å². The Morgan fingerprint density at radius 2 is 1.64 bits per heavy atom. The monoisotopic (exact) mass is 647 g/mol. The van der Waals surface area contributed by atoms with Crippen molar-refractivity contribution in [3.05, 3.63) is 124 Å². The molecule has 7 nitrogen and oxygen atoms in total. The molecule has 214 valence electrons. The second-order valence-corrected chi connectivity index (χ2v) is 11.3. The maximum absolute atomic E-state index is 14.2. The van der Waals surface area contributed by atoms with E-state index >= 15 is 0 Å². The fourth-order valence-corrected chi connectivity index (χ4v) is 5.00. The molecule has 0 spiro atoms. The number of ether oxygens (including phenoxy) is 1. The van der Waals surface area contributed by atoms with Crippen LogP contribution in [0.1, 0.15) is 22.8 Å². The van der Waals surface area contributed by atoms with E-state index in [4.69, 9.17) is 4.74 Å². The normalized spacial score (nSPS) is 11.8. The molecule has 0 aliphatic carbocycles. The Hall–Kier alpha value is -4.41. The SMILES string of the molecule is COc1ccc(/C=C(/NC(=O)c2ccccc2)C(=O)Nc2cccc(SC(C)C(=O)Nc3ccc(Br)cc3F)c2)cc1. The lowest BCUT2D eigenvalue weighted by Gasteiger charge is -2.14. The van der Waals surface area contributed by atoms with Crippen molar-refractivity contribution in [3.8, 4) is 5.75 Å². The lowest BCUT2D eigenvalue weighted by Crippen LogP contribution is -2.30. The summed E-state index contributed by atoms with van der Waals surface area (Å²) in [5, 5.41) is 7.57. The highest BCUT2D eigenvalue weighted by atomic mass is 79.9. The highest BCUT2D eigenvalue weighted by Crippen LogP contribution is 2.28. The Balaban J connectivity index is 1.48. The number of thioether (sulfide) groups is 1. The predicted molar refractivity (Wildman–Crippen MR) is 168 cm³/mol. The number of amides is 3. The molecule has 4 rings (SSSR count). The maximum Gasteiger partial charge on any atom is 0.272 e. The number of hydrogen-bond acceptors (Lipinski definition) is 5. The minimum Gasteiger partial charge on any atom is -0.497 e. The number of methoxy groups -OCH3 is 1. The van der Waals surface area contributed by atoms with E-state index in [0.717, 1.165) is 0 Å². The average molecular weight is 649 g/mol. The molecule has 1 unspecified atom stereocenters. The van der Waals surface area contributed by atoms with Crippen molar-refractivity contribution in [2.24, 2.45) is 0 Å². The van der Waals surface area contributed by atoms with Crippen LogP contribution < -0.4 is 20.7 Å². The van der Waals surface area contributed by atoms with E-state index in [1.165, 1.54) is 23.9 Å². The van der Waals surface area contributed by atoms with Crippen molar-refractivity contribution in [1.29, 1.82) is 0 Å². The minimum absolute atomic E-state index is 0.0383. The van der Waals surface area contributed by atoms with Gasteiger partial charge in [-0.3, -0.25) is 14.4 Å². The standard InChI is InChI=1S/C32H27BrFN3O4S/c1-20(30(38)36-28-16-13-23(33)18-27(28)34)42-26-10-6-9-24(19-26)35-32(40)29(17-21-11-14-25(41-2)15-12-21)37-31(39)22-7-4-3-5-8-22/h3-20H,1-2H3,(H,35,40)(H,36,38)(H,37,39)/b29-17+. The van der Waals surface area contributed by atoms with Gasteiger partial charge in [-0.15, -0.1) is 11.8 Å². The molecule has 0 saturated heterocycles. The van der Waals surface area contributed by atoms with Gasteiger partial charge in [0.15, 0.2) is 0 Å². The molecule has 0 aliphatic heterocycles. The summed E-state index contributed by atoms with van der Waals surface area (Å²) in [5.41, 5.74) is 1.67. The highest BCUT2D eigenvalue weighted by molar-refractivity contribution is 9.10. The molecule has 4 aromatic rings. The largest absolute Gasteiger partial charge is 0.497 e. The number of carbonyl (C=O) groups is 3. The summed E-state index contributed by atoms with van der Waals surface area (Å²) < 4.78 is 19.9. The van der Waals surface area contributed by atoms with Crippen molar-refractivity contribution >= 4 is 62.9 Å². The summed E-state index contributed by atoms with van der Waals surface area (Å²) in [5.74, 6) is -1.22. The van der Waals surface area contributed by atoms with Crippen LogP contribution in [-0.2, 0) is 9.59 Å². The number of hydrogen-bond donors (Lipinski definition) is 3. The van der Waals surface area contributed by atoms with Gasteiger partial charge in [0.1, 0.15) is 17.3 Å². The van der Waals surface area contributed by atoms with E-state index in [-0.39, 0.29) is 17.3 Å². The van der Waals surface area contributed by atoms with Crippen LogP contribution in [0.25, 0.3) is 6.08 Å². The van der Waals surface area contributed by atoms with Crippen molar-refractivity contribution in [3.63, 3.8) is 0 Å². The van der Waals surface area contributed by atoms with Gasteiger partial charge in [-0.1, -0.05) is 52.3 Å². The Bertz CT molecular complexity index is 1610. The smallest absolute Gasteiger partial charge is 0.272 e. The van der Waals surface area contributed by atoms with Gasteiger partial charge in [0.2, 0.25) is 5.91 Å². The molecule has 0 fully saturated rings. The van der Waals surface area contributed by atoms with E-state index in [2.05, 4.69) is 31.9 Å². The van der Waals surface area contributed by atoms with Crippen LogP contribution in [0.15, 0.2) is 112 Å². The lowest BCUT2D eigenvalue weighted by molar-refractivity contribution is -0.115. The molecule has 0 saturated carbocycles. The van der Waals surface area contributed by atoms with Gasteiger partial charge < -0.3 is 20.7 Å². The van der Waals surface area contributed by atoms with Crippen LogP contribution in [0.5, 0.6) is 5.75 Å². The average Bonchev–Trinajstić information content (AvgIpc) is 2.99. The summed E-state index contributed by atoms with van der Waals surface area (Å²) in [7, 11) is 1.56. The summed E-state index contributed by atoms with van der Waals surface area (Å²) >= 11 is 4.45. The van der Waals surface area contributed by atoms with E-state index in [1.807, 2.05) is 0 Å². The number of anilines is 2. The third kappa shape index (κ3) is 8.55. The molecule has 3 amide bonds. The lowest BCUT2D eigenvalue weighted by atomic mass is 10.1. The molecule has 0 bridgehead atoms. The van der Waals surface area contributed by atoms with E-state index in [1.54, 1.807) is 105 Å². The van der Waals surface area contributed by atoms with Gasteiger partial charge in [0, 0.05) is 20.6 Å². The predicted octanol–water partition coefficient (Wildman–Crippen LogP) is 7.13. The molecular formula is C32H27BrFN3O4S. The van der Waals surface area contributed by atoms with Gasteiger partial charge >= 0.3 is 0 Å². The molecule has 0 radical (unpaired) electrons. The van der Waals surface area contributed by atoms with Crippen LogP contribution >= 0.6 is 27.7 Å². The Morgan fingerprint density at radius 3 is 2.33 bits per heavy atom. The van der Waals surface area contributed by atoms with Gasteiger partial charge in [-0.25, -0.2) is 4.39 Å². The number of halogens is 2. The first kappa shape index (κ1) is 30.5. The van der Waals surface area contributed by atoms with E-state index < -0.39 is 22.9 Å². The number of rotatable bonds is 10. The molecular weight excluding hydrogens is 621 g/mol. The van der Waals surface area contributed by atoms with E-state index in [9.17, 15) is 18.8 Å². The van der Waals surface area contributed by atoms with Gasteiger partial charge in [0.25, 0.3) is 11.8 Å². The highest BCUT2D eigenvalue weighted by Gasteiger charge is 2.18. The van der Waals surface area contributed by atoms with Crippen LogP contribution in [0.3, 0.4) is 0 Å². The zero-order valence-corrected chi connectivity index (χ0v) is 25.1. The Labute approximate surface area is 255 Å². The van der Waals surface area contributed by atoms with Crippen LogP contribution in [0.4, 0.5) is 15.8 Å². The van der Waals surface area contributed by atoms with Crippen molar-refractivity contribution in [1.82, 2.24) is 5.32 Å². The molecule has 0 heterocycles. The Morgan fingerprint density at radius 1 is 0.905 bits per heavy atom. The third-order valence-electron chi connectivity index (χ3n) is 5.92. The van der Waals surface area contributed by atoms with Gasteiger partial charge in [0.05, 0.1) is 18.0 Å². The number of benzene rings is 4. The first-order valence-electron chi connectivity index (χ1n) is 12.8. The first-order chi connectivity index (χ1) is 20.2. The maximum atomic E-state index is 14.2. The summed E-state index contributed by atoms with van der Waals surface area (Å²) in [6.07, 6.45) is 1.57. The van der Waals surface area contributed by atoms with Crippen LogP contribution in [0.2, 0.25) is 0 Å². The molecule has 3 N–H and O–H groups in total. The second-order valence-electron chi connectivity index (χ2n) is 9.01. The quantitative estimate of drug-likeness (QED) is 0.126. The minimum atomic E-state index is -0.560. The zero-order valence-electron chi connectivity index (χ0n) is 22.7. The molecule has 10 heteroatoms. The second kappa shape index (κ2) is 14.5. The van der Waals surface area contributed by atoms with E-state index in [0.29, 0.717) is 31.9 Å². The van der Waals surface area contributed by atoms with Gasteiger partial charge in [-0.2, -0.15) is 0 Å². The van der Waals surface area contributed by atoms with Crippen molar-refractivity contribution in [2.75, 3.05) is 17.7 Å². The van der Waals surface area contributed by atoms with Crippen LogP contribution in [-0.4, -0.2) is 30.1 Å². The van der Waals surface area contributed by atoms with Crippen LogP contribution in [0, 0.1) is 5.82 Å². The summed E-state index contributed by atoms with van der Waals surface area (Å²) in [6.45, 7) is 1.71. The summed E-state index contributed by atoms with van der Waals surface area (Å²) in [4.78, 5) is 39.7. The molecule has 42 heavy (non-hydrogen) atoms. The first-order valence-corrected chi connectivity index (χ1v) is 14.5. The zero-order chi connectivity index (χ0) is 30.1. The molecule has 0 aromatic heterocycles. The van der Waals surface area contributed by atoms with Crippen molar-refractivity contribution < 1.29 is 23.5 Å². The third-order valence-corrected chi connectivity index (χ3v) is 7.51. The molecule has 4 aromatic carbocycles. The number of nitrogens with one attached hydrogen (secondary N) is 3. The summed E-state index contributed by atoms with van der Waals surface area (Å²) in [6, 6.07) is 27.0. The number of carbonyl (C=O) groups excluding carboxylic acids is 3. The molecule has 0 aliphatic rings. The Kier molecular flexibility index (Phi) is 10.5.